The van der Waals surface area contributed by atoms with Crippen LogP contribution in [-0.2, 0) is 4.74 Å². The van der Waals surface area contributed by atoms with Gasteiger partial charge in [0.05, 0.1) is 7.11 Å². The van der Waals surface area contributed by atoms with Crippen molar-refractivity contribution in [2.75, 3.05) is 7.11 Å². The van der Waals surface area contributed by atoms with Crippen LogP contribution >= 0.6 is 34.7 Å². The number of halogens is 1. The predicted molar refractivity (Wildman–Crippen MR) is 112 cm³/mol. The molecule has 4 rings (SSSR count). The summed E-state index contributed by atoms with van der Waals surface area (Å²) < 4.78 is 7.20. The number of esters is 1. The first-order chi connectivity index (χ1) is 14.1. The van der Waals surface area contributed by atoms with E-state index < -0.39 is 5.97 Å². The number of methoxy groups -OCH3 is 1. The number of carbonyl (C=O) groups excluding carboxylic acids is 1. The standard InChI is InChI=1S/C19H14ClN5O2S2/c1-11-6-8-12(9-7-11)25-16(13-5-3-4-10-21-13)23-24-18(25)29-19-22-15(20)14(28-19)17(26)27-2/h3-10H,1-2H3. The molecule has 3 heterocycles. The minimum absolute atomic E-state index is 0.107. The van der Waals surface area contributed by atoms with Gasteiger partial charge >= 0.3 is 5.97 Å². The van der Waals surface area contributed by atoms with Crippen molar-refractivity contribution in [2.45, 2.75) is 16.4 Å². The summed E-state index contributed by atoms with van der Waals surface area (Å²) in [5.41, 5.74) is 2.73. The molecule has 3 aromatic heterocycles. The minimum Gasteiger partial charge on any atom is -0.465 e. The van der Waals surface area contributed by atoms with Gasteiger partial charge < -0.3 is 4.74 Å². The highest BCUT2D eigenvalue weighted by Crippen LogP contribution is 2.36. The molecule has 0 saturated heterocycles. The van der Waals surface area contributed by atoms with Crippen molar-refractivity contribution in [2.24, 2.45) is 0 Å². The smallest absolute Gasteiger partial charge is 0.351 e. The van der Waals surface area contributed by atoms with E-state index in [9.17, 15) is 4.79 Å². The lowest BCUT2D eigenvalue weighted by Crippen LogP contribution is -2.00. The fourth-order valence-corrected chi connectivity index (χ4v) is 4.83. The molecule has 0 aliphatic heterocycles. The summed E-state index contributed by atoms with van der Waals surface area (Å²) in [5, 5.41) is 9.36. The Bertz CT molecular complexity index is 1160. The second-order valence-corrected chi connectivity index (χ2v) is 8.46. The molecule has 0 spiro atoms. The van der Waals surface area contributed by atoms with Crippen LogP contribution in [0.4, 0.5) is 0 Å². The van der Waals surface area contributed by atoms with Crippen LogP contribution in [0.15, 0.2) is 58.2 Å². The van der Waals surface area contributed by atoms with Gasteiger partial charge in [-0.2, -0.15) is 0 Å². The molecular weight excluding hydrogens is 430 g/mol. The third-order valence-corrected chi connectivity index (χ3v) is 6.36. The molecule has 0 radical (unpaired) electrons. The fourth-order valence-electron chi connectivity index (χ4n) is 2.55. The van der Waals surface area contributed by atoms with E-state index in [1.165, 1.54) is 18.9 Å². The zero-order valence-electron chi connectivity index (χ0n) is 15.4. The maximum absolute atomic E-state index is 11.8. The number of aryl methyl sites for hydroxylation is 1. The maximum atomic E-state index is 11.8. The van der Waals surface area contributed by atoms with Crippen molar-refractivity contribution < 1.29 is 9.53 Å². The van der Waals surface area contributed by atoms with Crippen LogP contribution in [-0.4, -0.2) is 37.8 Å². The largest absolute Gasteiger partial charge is 0.465 e. The van der Waals surface area contributed by atoms with Crippen LogP contribution in [0.5, 0.6) is 0 Å². The molecule has 146 valence electrons. The highest BCUT2D eigenvalue weighted by Gasteiger charge is 2.22. The second kappa shape index (κ2) is 8.32. The topological polar surface area (TPSA) is 82.8 Å². The Morgan fingerprint density at radius 1 is 1.17 bits per heavy atom. The van der Waals surface area contributed by atoms with Crippen LogP contribution < -0.4 is 0 Å². The van der Waals surface area contributed by atoms with E-state index in [1.54, 1.807) is 6.20 Å². The van der Waals surface area contributed by atoms with Crippen LogP contribution in [0.2, 0.25) is 5.15 Å². The van der Waals surface area contributed by atoms with E-state index in [0.717, 1.165) is 22.6 Å². The Morgan fingerprint density at radius 2 is 1.97 bits per heavy atom. The van der Waals surface area contributed by atoms with Crippen molar-refractivity contribution in [3.05, 3.63) is 64.3 Å². The Hall–Kier alpha value is -2.75. The van der Waals surface area contributed by atoms with E-state index in [1.807, 2.05) is 54.0 Å². The van der Waals surface area contributed by atoms with E-state index in [4.69, 9.17) is 16.3 Å². The number of carbonyl (C=O) groups is 1. The molecule has 0 aliphatic carbocycles. The quantitative estimate of drug-likeness (QED) is 0.414. The zero-order chi connectivity index (χ0) is 20.4. The summed E-state index contributed by atoms with van der Waals surface area (Å²) in [6.07, 6.45) is 1.71. The molecule has 0 atom stereocenters. The number of thiazole rings is 1. The van der Waals surface area contributed by atoms with Crippen molar-refractivity contribution in [1.29, 1.82) is 0 Å². The van der Waals surface area contributed by atoms with E-state index in [2.05, 4.69) is 20.2 Å². The highest BCUT2D eigenvalue weighted by atomic mass is 35.5. The molecule has 0 fully saturated rings. The normalized spacial score (nSPS) is 10.9. The summed E-state index contributed by atoms with van der Waals surface area (Å²) in [7, 11) is 1.30. The van der Waals surface area contributed by atoms with Gasteiger partial charge in [0.15, 0.2) is 20.2 Å². The van der Waals surface area contributed by atoms with Crippen LogP contribution in [0.3, 0.4) is 0 Å². The number of aromatic nitrogens is 5. The average Bonchev–Trinajstić information content (AvgIpc) is 3.32. The molecular formula is C19H14ClN5O2S2. The van der Waals surface area contributed by atoms with Gasteiger partial charge in [-0.05, 0) is 43.0 Å². The molecule has 0 aliphatic rings. The first-order valence-corrected chi connectivity index (χ1v) is 10.4. The number of rotatable bonds is 5. The third-order valence-electron chi connectivity index (χ3n) is 3.94. The van der Waals surface area contributed by atoms with Gasteiger partial charge in [0.2, 0.25) is 5.16 Å². The molecule has 4 aromatic rings. The third kappa shape index (κ3) is 4.02. The number of ether oxygens (including phenoxy) is 1. The minimum atomic E-state index is -0.520. The lowest BCUT2D eigenvalue weighted by Gasteiger charge is -2.09. The Labute approximate surface area is 179 Å². The van der Waals surface area contributed by atoms with Gasteiger partial charge in [-0.1, -0.05) is 46.7 Å². The van der Waals surface area contributed by atoms with Gasteiger partial charge in [0, 0.05) is 11.9 Å². The molecule has 7 nitrogen and oxygen atoms in total. The predicted octanol–water partition coefficient (Wildman–Crippen LogP) is 4.69. The lowest BCUT2D eigenvalue weighted by atomic mass is 10.2. The number of nitrogens with zero attached hydrogens (tertiary/aromatic N) is 5. The van der Waals surface area contributed by atoms with Crippen molar-refractivity contribution >= 4 is 40.7 Å². The van der Waals surface area contributed by atoms with Gasteiger partial charge in [-0.3, -0.25) is 9.55 Å². The summed E-state index contributed by atoms with van der Waals surface area (Å²) in [4.78, 5) is 20.7. The van der Waals surface area contributed by atoms with Crippen LogP contribution in [0, 0.1) is 6.92 Å². The summed E-state index contributed by atoms with van der Waals surface area (Å²) in [6.45, 7) is 2.02. The molecule has 29 heavy (non-hydrogen) atoms. The molecule has 0 unspecified atom stereocenters. The Morgan fingerprint density at radius 3 is 2.66 bits per heavy atom. The molecule has 0 N–H and O–H groups in total. The SMILES string of the molecule is COC(=O)c1sc(Sc2nnc(-c3ccccn3)n2-c2ccc(C)cc2)nc1Cl. The number of pyridine rings is 1. The molecule has 0 amide bonds. The average molecular weight is 444 g/mol. The molecule has 0 bridgehead atoms. The van der Waals surface area contributed by atoms with Gasteiger partial charge in [-0.25, -0.2) is 9.78 Å². The van der Waals surface area contributed by atoms with Crippen LogP contribution in [0.25, 0.3) is 17.2 Å². The summed E-state index contributed by atoms with van der Waals surface area (Å²) in [5.74, 6) is 0.0846. The fraction of sp³-hybridized carbons (Fsp3) is 0.105. The number of hydrogen-bond donors (Lipinski definition) is 0. The van der Waals surface area contributed by atoms with E-state index in [0.29, 0.717) is 21.0 Å². The van der Waals surface area contributed by atoms with Gasteiger partial charge in [0.1, 0.15) is 5.69 Å². The Balaban J connectivity index is 1.79. The van der Waals surface area contributed by atoms with Gasteiger partial charge in [-0.15, -0.1) is 10.2 Å². The van der Waals surface area contributed by atoms with E-state index >= 15 is 0 Å². The molecule has 0 saturated carbocycles. The second-order valence-electron chi connectivity index (χ2n) is 5.89. The number of benzene rings is 1. The zero-order valence-corrected chi connectivity index (χ0v) is 17.8. The van der Waals surface area contributed by atoms with Crippen molar-refractivity contribution in [1.82, 2.24) is 24.7 Å². The van der Waals surface area contributed by atoms with Crippen LogP contribution in [0.1, 0.15) is 15.2 Å². The first-order valence-electron chi connectivity index (χ1n) is 8.43. The summed E-state index contributed by atoms with van der Waals surface area (Å²) >= 11 is 8.51. The van der Waals surface area contributed by atoms with Crippen molar-refractivity contribution in [3.8, 4) is 17.2 Å². The lowest BCUT2D eigenvalue weighted by molar-refractivity contribution is 0.0606. The summed E-state index contributed by atoms with van der Waals surface area (Å²) in [6, 6.07) is 13.6. The first kappa shape index (κ1) is 19.6. The van der Waals surface area contributed by atoms with Crippen molar-refractivity contribution in [3.63, 3.8) is 0 Å². The monoisotopic (exact) mass is 443 g/mol. The maximum Gasteiger partial charge on any atom is 0.351 e. The number of hydrogen-bond acceptors (Lipinski definition) is 8. The molecule has 1 aromatic carbocycles. The Kier molecular flexibility index (Phi) is 5.61. The van der Waals surface area contributed by atoms with E-state index in [-0.39, 0.29) is 10.0 Å². The molecule has 10 heteroatoms. The highest BCUT2D eigenvalue weighted by molar-refractivity contribution is 8.00. The van der Waals surface area contributed by atoms with Gasteiger partial charge in [0.25, 0.3) is 0 Å².